The van der Waals surface area contributed by atoms with Gasteiger partial charge in [-0.1, -0.05) is 43.7 Å². The van der Waals surface area contributed by atoms with Gasteiger partial charge >= 0.3 is 5.97 Å². The van der Waals surface area contributed by atoms with Gasteiger partial charge < -0.3 is 9.84 Å². The van der Waals surface area contributed by atoms with Crippen molar-refractivity contribution in [3.63, 3.8) is 0 Å². The third-order valence-corrected chi connectivity index (χ3v) is 5.74. The van der Waals surface area contributed by atoms with E-state index in [1.807, 2.05) is 6.92 Å². The third kappa shape index (κ3) is 6.65. The summed E-state index contributed by atoms with van der Waals surface area (Å²) < 4.78 is 33.5. The van der Waals surface area contributed by atoms with Crippen LogP contribution in [0.15, 0.2) is 53.4 Å². The van der Waals surface area contributed by atoms with Gasteiger partial charge in [0.15, 0.2) is 0 Å². The van der Waals surface area contributed by atoms with Crippen molar-refractivity contribution in [1.29, 1.82) is 0 Å². The Bertz CT molecular complexity index is 874. The summed E-state index contributed by atoms with van der Waals surface area (Å²) in [6.07, 6.45) is 0.568. The number of nitrogens with one attached hydrogen (secondary N) is 1. The molecule has 28 heavy (non-hydrogen) atoms. The fraction of sp³-hybridized carbons (Fsp3) is 0.381. The average Bonchev–Trinajstić information content (AvgIpc) is 2.61. The van der Waals surface area contributed by atoms with Crippen molar-refractivity contribution >= 4 is 16.0 Å². The topological polar surface area (TPSA) is 92.7 Å². The van der Waals surface area contributed by atoms with E-state index >= 15 is 0 Å². The van der Waals surface area contributed by atoms with Gasteiger partial charge in [-0.2, -0.15) is 0 Å². The van der Waals surface area contributed by atoms with Gasteiger partial charge in [-0.3, -0.25) is 4.79 Å². The fourth-order valence-electron chi connectivity index (χ4n) is 2.58. The quantitative estimate of drug-likeness (QED) is 0.625. The standard InChI is InChI=1S/C21H27NO5S/c1-15(2)12-13-27-18-8-6-17(7-9-18)20(14-21(23)24)22-28(25,26)19-10-4-16(3)5-11-19/h4-11,15,20,22H,12-14H2,1-3H3,(H,23,24)/t20-/m1/s1. The van der Waals surface area contributed by atoms with E-state index in [9.17, 15) is 18.3 Å². The summed E-state index contributed by atoms with van der Waals surface area (Å²) in [4.78, 5) is 11.4. The number of aryl methyl sites for hydroxylation is 1. The number of carbonyl (C=O) groups is 1. The molecule has 0 radical (unpaired) electrons. The van der Waals surface area contributed by atoms with Crippen LogP contribution >= 0.6 is 0 Å². The van der Waals surface area contributed by atoms with Crippen LogP contribution in [-0.4, -0.2) is 26.1 Å². The first-order valence-corrected chi connectivity index (χ1v) is 10.7. The molecule has 0 bridgehead atoms. The molecule has 0 amide bonds. The molecule has 2 N–H and O–H groups in total. The second kappa shape index (κ2) is 9.71. The highest BCUT2D eigenvalue weighted by atomic mass is 32.2. The van der Waals surface area contributed by atoms with Gasteiger partial charge in [-0.05, 0) is 49.1 Å². The molecule has 2 aromatic carbocycles. The van der Waals surface area contributed by atoms with E-state index in [-0.39, 0.29) is 11.3 Å². The summed E-state index contributed by atoms with van der Waals surface area (Å²) in [7, 11) is -3.85. The van der Waals surface area contributed by atoms with Crippen LogP contribution in [0.2, 0.25) is 0 Å². The van der Waals surface area contributed by atoms with Crippen LogP contribution < -0.4 is 9.46 Å². The second-order valence-electron chi connectivity index (χ2n) is 7.18. The van der Waals surface area contributed by atoms with Crippen molar-refractivity contribution in [2.75, 3.05) is 6.61 Å². The van der Waals surface area contributed by atoms with E-state index in [4.69, 9.17) is 4.74 Å². The minimum atomic E-state index is -3.85. The molecule has 0 unspecified atom stereocenters. The van der Waals surface area contributed by atoms with Gasteiger partial charge in [0, 0.05) is 0 Å². The van der Waals surface area contributed by atoms with Gasteiger partial charge in [0.05, 0.1) is 24.0 Å². The lowest BCUT2D eigenvalue weighted by molar-refractivity contribution is -0.137. The van der Waals surface area contributed by atoms with Crippen molar-refractivity contribution in [2.45, 2.75) is 44.6 Å². The van der Waals surface area contributed by atoms with Gasteiger partial charge in [-0.25, -0.2) is 13.1 Å². The lowest BCUT2D eigenvalue weighted by Crippen LogP contribution is -2.30. The minimum Gasteiger partial charge on any atom is -0.494 e. The summed E-state index contributed by atoms with van der Waals surface area (Å²) in [5.41, 5.74) is 1.50. The molecule has 0 spiro atoms. The summed E-state index contributed by atoms with van der Waals surface area (Å²) >= 11 is 0. The van der Waals surface area contributed by atoms with E-state index in [2.05, 4.69) is 18.6 Å². The van der Waals surface area contributed by atoms with E-state index < -0.39 is 22.0 Å². The van der Waals surface area contributed by atoms with Crippen LogP contribution in [0.1, 0.15) is 43.9 Å². The van der Waals surface area contributed by atoms with Crippen molar-refractivity contribution in [1.82, 2.24) is 4.72 Å². The first kappa shape index (κ1) is 21.9. The normalized spacial score (nSPS) is 12.7. The van der Waals surface area contributed by atoms with Crippen LogP contribution in [0.25, 0.3) is 0 Å². The zero-order valence-electron chi connectivity index (χ0n) is 16.4. The molecule has 0 saturated heterocycles. The highest BCUT2D eigenvalue weighted by molar-refractivity contribution is 7.89. The van der Waals surface area contributed by atoms with Gasteiger partial charge in [0.2, 0.25) is 10.0 Å². The van der Waals surface area contributed by atoms with Crippen molar-refractivity contribution in [2.24, 2.45) is 5.92 Å². The van der Waals surface area contributed by atoms with Crippen LogP contribution in [0.5, 0.6) is 5.75 Å². The molecule has 0 aromatic heterocycles. The van der Waals surface area contributed by atoms with Crippen molar-refractivity contribution in [3.05, 3.63) is 59.7 Å². The largest absolute Gasteiger partial charge is 0.494 e. The zero-order chi connectivity index (χ0) is 20.7. The number of sulfonamides is 1. The van der Waals surface area contributed by atoms with Crippen LogP contribution in [-0.2, 0) is 14.8 Å². The number of carboxylic acid groups (broad SMARTS) is 1. The fourth-order valence-corrected chi connectivity index (χ4v) is 3.81. The minimum absolute atomic E-state index is 0.0992. The Kier molecular flexibility index (Phi) is 7.60. The lowest BCUT2D eigenvalue weighted by Gasteiger charge is -2.18. The maximum atomic E-state index is 12.7. The summed E-state index contributed by atoms with van der Waals surface area (Å²) in [6.45, 7) is 6.68. The second-order valence-corrected chi connectivity index (χ2v) is 8.90. The zero-order valence-corrected chi connectivity index (χ0v) is 17.2. The molecule has 0 aliphatic heterocycles. The first-order chi connectivity index (χ1) is 13.2. The maximum absolute atomic E-state index is 12.7. The number of aliphatic carboxylic acids is 1. The monoisotopic (exact) mass is 405 g/mol. The molecule has 7 heteroatoms. The van der Waals surface area contributed by atoms with E-state index in [1.54, 1.807) is 36.4 Å². The SMILES string of the molecule is Cc1ccc(S(=O)(=O)N[C@H](CC(=O)O)c2ccc(OCCC(C)C)cc2)cc1. The molecular weight excluding hydrogens is 378 g/mol. The molecule has 0 aliphatic carbocycles. The van der Waals surface area contributed by atoms with Crippen molar-refractivity contribution in [3.8, 4) is 5.75 Å². The summed E-state index contributed by atoms with van der Waals surface area (Å²) in [5.74, 6) is 0.115. The summed E-state index contributed by atoms with van der Waals surface area (Å²) in [5, 5.41) is 9.21. The van der Waals surface area contributed by atoms with Gasteiger partial charge in [0.1, 0.15) is 5.75 Å². The predicted molar refractivity (Wildman–Crippen MR) is 108 cm³/mol. The molecule has 152 valence electrons. The highest BCUT2D eigenvalue weighted by Crippen LogP contribution is 2.23. The van der Waals surface area contributed by atoms with E-state index in [1.165, 1.54) is 12.1 Å². The Labute approximate surface area is 166 Å². The van der Waals surface area contributed by atoms with Crippen LogP contribution in [0.3, 0.4) is 0 Å². The summed E-state index contributed by atoms with van der Waals surface area (Å²) in [6, 6.07) is 12.4. The number of hydrogen-bond acceptors (Lipinski definition) is 4. The van der Waals surface area contributed by atoms with E-state index in [0.29, 0.717) is 23.8 Å². The van der Waals surface area contributed by atoms with Gasteiger partial charge in [0.25, 0.3) is 0 Å². The van der Waals surface area contributed by atoms with Crippen LogP contribution in [0.4, 0.5) is 0 Å². The number of hydrogen-bond donors (Lipinski definition) is 2. The number of rotatable bonds is 10. The maximum Gasteiger partial charge on any atom is 0.305 e. The molecule has 2 rings (SSSR count). The van der Waals surface area contributed by atoms with E-state index in [0.717, 1.165) is 12.0 Å². The third-order valence-electron chi connectivity index (χ3n) is 4.25. The molecule has 6 nitrogen and oxygen atoms in total. The molecule has 0 heterocycles. The van der Waals surface area contributed by atoms with Crippen LogP contribution in [0, 0.1) is 12.8 Å². The predicted octanol–water partition coefficient (Wildman–Crippen LogP) is 3.91. The molecule has 0 saturated carbocycles. The first-order valence-electron chi connectivity index (χ1n) is 9.21. The number of ether oxygens (including phenoxy) is 1. The Hall–Kier alpha value is -2.38. The Balaban J connectivity index is 2.16. The molecule has 0 aliphatic rings. The number of carboxylic acids is 1. The van der Waals surface area contributed by atoms with Gasteiger partial charge in [-0.15, -0.1) is 0 Å². The average molecular weight is 406 g/mol. The highest BCUT2D eigenvalue weighted by Gasteiger charge is 2.23. The molecule has 2 aromatic rings. The Morgan fingerprint density at radius 3 is 2.21 bits per heavy atom. The Morgan fingerprint density at radius 1 is 1.07 bits per heavy atom. The van der Waals surface area contributed by atoms with Crippen molar-refractivity contribution < 1.29 is 23.1 Å². The molecular formula is C21H27NO5S. The smallest absolute Gasteiger partial charge is 0.305 e. The number of benzene rings is 2. The lowest BCUT2D eigenvalue weighted by atomic mass is 10.0. The Morgan fingerprint density at radius 2 is 1.68 bits per heavy atom. The molecule has 1 atom stereocenters. The molecule has 0 fully saturated rings.